The molecule has 140 valence electrons. The van der Waals surface area contributed by atoms with Crippen molar-refractivity contribution in [2.75, 3.05) is 7.11 Å². The van der Waals surface area contributed by atoms with Crippen LogP contribution in [-0.4, -0.2) is 25.3 Å². The first-order chi connectivity index (χ1) is 11.8. The summed E-state index contributed by atoms with van der Waals surface area (Å²) < 4.78 is 5.67. The number of ether oxygens (including phenoxy) is 1. The largest absolute Gasteiger partial charge is 0.369 e. The van der Waals surface area contributed by atoms with E-state index in [1.54, 1.807) is 0 Å². The van der Waals surface area contributed by atoms with Crippen molar-refractivity contribution in [2.24, 2.45) is 0 Å². The fraction of sp³-hybridized carbons (Fsp3) is 0.842. The van der Waals surface area contributed by atoms with Crippen molar-refractivity contribution in [1.82, 2.24) is 0 Å². The molecule has 2 unspecified atom stereocenters. The van der Waals surface area contributed by atoms with Gasteiger partial charge in [-0.2, -0.15) is 4.89 Å². The number of carbonyl (C=O) groups is 1. The van der Waals surface area contributed by atoms with Gasteiger partial charge in [-0.15, -0.1) is 0 Å². The molecule has 0 spiro atoms. The van der Waals surface area contributed by atoms with Crippen molar-refractivity contribution < 1.29 is 24.3 Å². The third kappa shape index (κ3) is 11.6. The van der Waals surface area contributed by atoms with E-state index in [-0.39, 0.29) is 5.97 Å². The lowest BCUT2D eigenvalue weighted by molar-refractivity contribution is -0.475. The summed E-state index contributed by atoms with van der Waals surface area (Å²) in [5, 5.41) is 4.11. The molecule has 2 atom stereocenters. The summed E-state index contributed by atoms with van der Waals surface area (Å²) in [4.78, 5) is 19.7. The number of hydrogen-bond donors (Lipinski definition) is 0. The molecule has 0 N–H and O–H groups in total. The Bertz CT molecular complexity index is 343. The van der Waals surface area contributed by atoms with Crippen LogP contribution in [0.15, 0.2) is 12.2 Å². The zero-order valence-corrected chi connectivity index (χ0v) is 15.3. The van der Waals surface area contributed by atoms with Gasteiger partial charge in [0, 0.05) is 6.42 Å². The highest BCUT2D eigenvalue weighted by atomic mass is 17.5. The first kappa shape index (κ1) is 21.1. The second kappa shape index (κ2) is 14.4. The minimum Gasteiger partial charge on any atom is -0.369 e. The Morgan fingerprint density at radius 3 is 2.58 bits per heavy atom. The van der Waals surface area contributed by atoms with Crippen LogP contribution >= 0.6 is 0 Å². The Balaban J connectivity index is 1.80. The Hall–Kier alpha value is -0.910. The van der Waals surface area contributed by atoms with Gasteiger partial charge < -0.3 is 4.74 Å². The third-order valence-corrected chi connectivity index (χ3v) is 4.26. The molecule has 1 saturated heterocycles. The summed E-state index contributed by atoms with van der Waals surface area (Å²) in [5.41, 5.74) is 0. The predicted octanol–water partition coefficient (Wildman–Crippen LogP) is 5.05. The maximum atomic E-state index is 11.1. The lowest BCUT2D eigenvalue weighted by Crippen LogP contribution is -2.04. The van der Waals surface area contributed by atoms with E-state index in [0.717, 1.165) is 32.1 Å². The summed E-state index contributed by atoms with van der Waals surface area (Å²) in [5.74, 6) is -0.380. The van der Waals surface area contributed by atoms with Crippen LogP contribution in [0.2, 0.25) is 0 Å². The maximum Gasteiger partial charge on any atom is 0.345 e. The van der Waals surface area contributed by atoms with Crippen molar-refractivity contribution in [2.45, 2.75) is 96.2 Å². The van der Waals surface area contributed by atoms with Crippen molar-refractivity contribution in [3.05, 3.63) is 12.2 Å². The maximum absolute atomic E-state index is 11.1. The minimum atomic E-state index is -0.380. The van der Waals surface area contributed by atoms with Gasteiger partial charge in [-0.1, -0.05) is 57.6 Å². The fourth-order valence-corrected chi connectivity index (χ4v) is 2.76. The molecule has 5 heteroatoms. The second-order valence-corrected chi connectivity index (χ2v) is 6.41. The number of carbonyl (C=O) groups excluding carboxylic acids is 1. The molecule has 1 aliphatic heterocycles. The lowest BCUT2D eigenvalue weighted by atomic mass is 10.1. The molecule has 24 heavy (non-hydrogen) atoms. The molecule has 0 aliphatic carbocycles. The molecule has 1 aliphatic rings. The highest BCUT2D eigenvalue weighted by Gasteiger charge is 2.36. The highest BCUT2D eigenvalue weighted by molar-refractivity contribution is 5.68. The minimum absolute atomic E-state index is 0.379. The van der Waals surface area contributed by atoms with E-state index in [9.17, 15) is 4.79 Å². The van der Waals surface area contributed by atoms with Crippen LogP contribution in [0.25, 0.3) is 0 Å². The van der Waals surface area contributed by atoms with Gasteiger partial charge in [0.25, 0.3) is 0 Å². The van der Waals surface area contributed by atoms with Gasteiger partial charge in [0.05, 0.1) is 19.3 Å². The molecular weight excluding hydrogens is 308 g/mol. The standard InChI is InChI=1S/C19H34O5/c1-3-4-11-14-17-18(22-17)15-12-9-7-5-6-8-10-13-16-19(20)23-24-21-2/h9,12,17-18H,3-8,10-11,13-16H2,1-2H3. The second-order valence-electron chi connectivity index (χ2n) is 6.41. The first-order valence-corrected chi connectivity index (χ1v) is 9.48. The average Bonchev–Trinajstić information content (AvgIpc) is 3.33. The van der Waals surface area contributed by atoms with Crippen LogP contribution in [0.3, 0.4) is 0 Å². The van der Waals surface area contributed by atoms with Crippen LogP contribution in [0.1, 0.15) is 84.0 Å². The molecular formula is C19H34O5. The monoisotopic (exact) mass is 342 g/mol. The van der Waals surface area contributed by atoms with E-state index in [2.05, 4.69) is 33.9 Å². The van der Waals surface area contributed by atoms with Gasteiger partial charge in [0.1, 0.15) is 0 Å². The van der Waals surface area contributed by atoms with Gasteiger partial charge in [-0.05, 0) is 37.1 Å². The van der Waals surface area contributed by atoms with Crippen molar-refractivity contribution >= 4 is 5.97 Å². The van der Waals surface area contributed by atoms with E-state index in [0.29, 0.717) is 18.6 Å². The Kier molecular flexibility index (Phi) is 12.7. The number of hydrogen-bond acceptors (Lipinski definition) is 5. The smallest absolute Gasteiger partial charge is 0.345 e. The predicted molar refractivity (Wildman–Crippen MR) is 93.1 cm³/mol. The Labute approximate surface area is 146 Å². The summed E-state index contributed by atoms with van der Waals surface area (Å²) in [7, 11) is 1.30. The normalized spacial score (nSPS) is 19.8. The molecule has 0 aromatic carbocycles. The Morgan fingerprint density at radius 1 is 1.00 bits per heavy atom. The quantitative estimate of drug-likeness (QED) is 0.129. The van der Waals surface area contributed by atoms with Crippen molar-refractivity contribution in [3.8, 4) is 0 Å². The Morgan fingerprint density at radius 2 is 1.79 bits per heavy atom. The summed E-state index contributed by atoms with van der Waals surface area (Å²) in [6.45, 7) is 2.24. The average molecular weight is 342 g/mol. The third-order valence-electron chi connectivity index (χ3n) is 4.26. The highest BCUT2D eigenvalue weighted by Crippen LogP contribution is 2.30. The van der Waals surface area contributed by atoms with E-state index >= 15 is 0 Å². The molecule has 0 saturated carbocycles. The number of allylic oxidation sites excluding steroid dienone is 1. The molecule has 1 rings (SSSR count). The number of unbranched alkanes of at least 4 members (excludes halogenated alkanes) is 7. The topological polar surface area (TPSA) is 57.3 Å². The van der Waals surface area contributed by atoms with Crippen LogP contribution in [0, 0.1) is 0 Å². The molecule has 1 fully saturated rings. The van der Waals surface area contributed by atoms with Gasteiger partial charge in [0.15, 0.2) is 0 Å². The van der Waals surface area contributed by atoms with Crippen LogP contribution in [0.5, 0.6) is 0 Å². The van der Waals surface area contributed by atoms with Gasteiger partial charge in [0.2, 0.25) is 0 Å². The van der Waals surface area contributed by atoms with Crippen molar-refractivity contribution in [1.29, 1.82) is 0 Å². The van der Waals surface area contributed by atoms with E-state index in [1.807, 2.05) is 0 Å². The molecule has 0 amide bonds. The molecule has 0 bridgehead atoms. The first-order valence-electron chi connectivity index (χ1n) is 9.48. The van der Waals surface area contributed by atoms with E-state index in [4.69, 9.17) is 4.74 Å². The fourth-order valence-electron chi connectivity index (χ4n) is 2.76. The number of epoxide rings is 1. The van der Waals surface area contributed by atoms with Crippen LogP contribution in [-0.2, 0) is 24.3 Å². The van der Waals surface area contributed by atoms with Gasteiger partial charge in [-0.3, -0.25) is 4.89 Å². The summed E-state index contributed by atoms with van der Waals surface area (Å²) >= 11 is 0. The van der Waals surface area contributed by atoms with E-state index < -0.39 is 0 Å². The zero-order valence-electron chi connectivity index (χ0n) is 15.3. The number of rotatable bonds is 16. The molecule has 0 radical (unpaired) electrons. The van der Waals surface area contributed by atoms with Crippen molar-refractivity contribution in [3.63, 3.8) is 0 Å². The zero-order chi connectivity index (χ0) is 17.5. The summed E-state index contributed by atoms with van der Waals surface area (Å²) in [6, 6.07) is 0. The molecule has 1 heterocycles. The van der Waals surface area contributed by atoms with Gasteiger partial charge >= 0.3 is 5.97 Å². The SMILES string of the molecule is CCCCCC1OC1CC=CCCCCCCCC(=O)OOOC. The lowest BCUT2D eigenvalue weighted by Gasteiger charge is -2.00. The molecule has 0 aromatic heterocycles. The molecule has 0 aromatic rings. The van der Waals surface area contributed by atoms with Gasteiger partial charge in [-0.25, -0.2) is 4.79 Å². The molecule has 5 nitrogen and oxygen atoms in total. The summed E-state index contributed by atoms with van der Waals surface area (Å²) in [6.07, 6.45) is 18.7. The van der Waals surface area contributed by atoms with Crippen LogP contribution < -0.4 is 0 Å². The van der Waals surface area contributed by atoms with Crippen LogP contribution in [0.4, 0.5) is 0 Å². The van der Waals surface area contributed by atoms with E-state index in [1.165, 1.54) is 45.6 Å².